The summed E-state index contributed by atoms with van der Waals surface area (Å²) in [5.74, 6) is -1.18. The van der Waals surface area contributed by atoms with E-state index in [9.17, 15) is 14.0 Å². The van der Waals surface area contributed by atoms with Gasteiger partial charge in [0.1, 0.15) is 5.82 Å². The number of pyridine rings is 1. The third-order valence-corrected chi connectivity index (χ3v) is 6.16. The Morgan fingerprint density at radius 2 is 1.91 bits per heavy atom. The van der Waals surface area contributed by atoms with E-state index >= 15 is 0 Å². The van der Waals surface area contributed by atoms with E-state index in [4.69, 9.17) is 17.3 Å². The Balaban J connectivity index is 1.82. The predicted octanol–water partition coefficient (Wildman–Crippen LogP) is 4.92. The number of halogens is 2. The Kier molecular flexibility index (Phi) is 5.98. The Bertz CT molecular complexity index is 1230. The fourth-order valence-corrected chi connectivity index (χ4v) is 4.63. The Morgan fingerprint density at radius 3 is 2.62 bits per heavy atom. The molecule has 1 aliphatic rings. The lowest BCUT2D eigenvalue weighted by Gasteiger charge is -2.31. The molecule has 0 radical (unpaired) electrons. The molecule has 0 fully saturated rings. The quantitative estimate of drug-likeness (QED) is 0.598. The maximum atomic E-state index is 14.6. The van der Waals surface area contributed by atoms with Gasteiger partial charge in [-0.25, -0.2) is 4.39 Å². The van der Waals surface area contributed by atoms with Gasteiger partial charge in [-0.15, -0.1) is 0 Å². The zero-order valence-electron chi connectivity index (χ0n) is 17.9. The first-order valence-corrected chi connectivity index (χ1v) is 10.7. The number of carbonyl (C=O) groups excluding carboxylic acids is 2. The predicted molar refractivity (Wildman–Crippen MR) is 121 cm³/mol. The number of nitrogens with zero attached hydrogens (tertiary/aromatic N) is 2. The number of rotatable bonds is 5. The monoisotopic (exact) mass is 451 g/mol. The molecule has 4 rings (SSSR count). The van der Waals surface area contributed by atoms with Gasteiger partial charge in [-0.05, 0) is 73.7 Å². The molecule has 0 saturated carbocycles. The summed E-state index contributed by atoms with van der Waals surface area (Å²) in [6.07, 6.45) is 1.05. The van der Waals surface area contributed by atoms with Gasteiger partial charge in [0, 0.05) is 22.8 Å². The first-order chi connectivity index (χ1) is 15.3. The normalized spacial score (nSPS) is 14.8. The van der Waals surface area contributed by atoms with E-state index in [0.29, 0.717) is 46.4 Å². The summed E-state index contributed by atoms with van der Waals surface area (Å²) in [6.45, 7) is 3.79. The fraction of sp³-hybridized carbons (Fsp3) is 0.240. The van der Waals surface area contributed by atoms with Crippen LogP contribution in [0.5, 0.6) is 0 Å². The molecule has 7 heteroatoms. The van der Waals surface area contributed by atoms with Crippen molar-refractivity contribution in [2.45, 2.75) is 39.3 Å². The molecule has 0 unspecified atom stereocenters. The molecule has 2 amide bonds. The van der Waals surface area contributed by atoms with Crippen LogP contribution in [0.25, 0.3) is 0 Å². The van der Waals surface area contributed by atoms with Crippen molar-refractivity contribution < 1.29 is 14.0 Å². The van der Waals surface area contributed by atoms with Gasteiger partial charge in [0.15, 0.2) is 0 Å². The number of aromatic nitrogens is 1. The van der Waals surface area contributed by atoms with Crippen molar-refractivity contribution in [3.05, 3.63) is 98.6 Å². The lowest BCUT2D eigenvalue weighted by Crippen LogP contribution is -2.35. The van der Waals surface area contributed by atoms with Crippen molar-refractivity contribution in [3.63, 3.8) is 0 Å². The molecular weight excluding hydrogens is 429 g/mol. The van der Waals surface area contributed by atoms with E-state index < -0.39 is 11.9 Å². The van der Waals surface area contributed by atoms with Gasteiger partial charge >= 0.3 is 0 Å². The van der Waals surface area contributed by atoms with Crippen LogP contribution in [0.3, 0.4) is 0 Å². The molecule has 0 aliphatic heterocycles. The first kappa shape index (κ1) is 22.0. The summed E-state index contributed by atoms with van der Waals surface area (Å²) < 4.78 is 14.6. The smallest absolute Gasteiger partial charge is 0.256 e. The minimum atomic E-state index is -0.568. The molecular formula is C25H23ClFN3O2. The van der Waals surface area contributed by atoms with Crippen LogP contribution in [0.2, 0.25) is 5.02 Å². The number of nitrogens with two attached hydrogens (primary N) is 1. The average molecular weight is 452 g/mol. The topological polar surface area (TPSA) is 76.3 Å². The van der Waals surface area contributed by atoms with Crippen LogP contribution in [-0.2, 0) is 13.0 Å². The van der Waals surface area contributed by atoms with E-state index in [1.807, 2.05) is 6.92 Å². The summed E-state index contributed by atoms with van der Waals surface area (Å²) >= 11 is 6.15. The van der Waals surface area contributed by atoms with Crippen molar-refractivity contribution in [3.8, 4) is 0 Å². The molecule has 32 heavy (non-hydrogen) atoms. The second-order valence-electron chi connectivity index (χ2n) is 8.05. The number of hydrogen-bond acceptors (Lipinski definition) is 3. The molecule has 2 N–H and O–H groups in total. The molecule has 0 bridgehead atoms. The van der Waals surface area contributed by atoms with Gasteiger partial charge in [-0.1, -0.05) is 29.8 Å². The highest BCUT2D eigenvalue weighted by Crippen LogP contribution is 2.40. The third kappa shape index (κ3) is 4.10. The van der Waals surface area contributed by atoms with Crippen molar-refractivity contribution in [2.24, 2.45) is 5.73 Å². The molecule has 164 valence electrons. The molecule has 1 aromatic heterocycles. The number of fused-ring (bicyclic) bond motifs is 1. The number of amides is 2. The van der Waals surface area contributed by atoms with Gasteiger partial charge in [-0.2, -0.15) is 0 Å². The number of hydrogen-bond donors (Lipinski definition) is 1. The summed E-state index contributed by atoms with van der Waals surface area (Å²) in [4.78, 5) is 31.9. The van der Waals surface area contributed by atoms with Gasteiger partial charge in [0.2, 0.25) is 5.91 Å². The zero-order chi connectivity index (χ0) is 23.0. The second kappa shape index (κ2) is 8.71. The van der Waals surface area contributed by atoms with Gasteiger partial charge in [0.05, 0.1) is 17.3 Å². The van der Waals surface area contributed by atoms with Crippen molar-refractivity contribution in [1.29, 1.82) is 0 Å². The lowest BCUT2D eigenvalue weighted by molar-refractivity contribution is 0.0655. The summed E-state index contributed by atoms with van der Waals surface area (Å²) in [7, 11) is 0. The van der Waals surface area contributed by atoms with E-state index in [1.165, 1.54) is 6.07 Å². The van der Waals surface area contributed by atoms with Crippen LogP contribution in [0.4, 0.5) is 4.39 Å². The van der Waals surface area contributed by atoms with Gasteiger partial charge < -0.3 is 10.6 Å². The number of aryl methyl sites for hydroxylation is 2. The Hall–Kier alpha value is -3.25. The van der Waals surface area contributed by atoms with Crippen LogP contribution >= 0.6 is 11.6 Å². The molecule has 3 aromatic rings. The van der Waals surface area contributed by atoms with Crippen LogP contribution in [0.15, 0.2) is 48.5 Å². The Morgan fingerprint density at radius 1 is 1.16 bits per heavy atom. The highest BCUT2D eigenvalue weighted by atomic mass is 35.5. The van der Waals surface area contributed by atoms with E-state index in [-0.39, 0.29) is 23.3 Å². The van der Waals surface area contributed by atoms with Crippen LogP contribution in [0.1, 0.15) is 61.3 Å². The van der Waals surface area contributed by atoms with Crippen molar-refractivity contribution in [1.82, 2.24) is 9.88 Å². The van der Waals surface area contributed by atoms with E-state index in [1.54, 1.807) is 54.3 Å². The van der Waals surface area contributed by atoms with Crippen LogP contribution in [-0.4, -0.2) is 21.7 Å². The average Bonchev–Trinajstić information content (AvgIpc) is 3.15. The van der Waals surface area contributed by atoms with Crippen LogP contribution in [0, 0.1) is 19.7 Å². The largest absolute Gasteiger partial charge is 0.366 e. The van der Waals surface area contributed by atoms with Gasteiger partial charge in [0.25, 0.3) is 5.91 Å². The lowest BCUT2D eigenvalue weighted by atomic mass is 10.0. The van der Waals surface area contributed by atoms with E-state index in [0.717, 1.165) is 5.69 Å². The molecule has 1 heterocycles. The SMILES string of the molecule is Cc1ccc(C(=O)N(Cc2ccccc2C(N)=O)[C@@H]2CCc3c(F)cc(Cl)cc32)c(C)n1. The molecule has 1 atom stereocenters. The molecule has 2 aromatic carbocycles. The minimum absolute atomic E-state index is 0.142. The second-order valence-corrected chi connectivity index (χ2v) is 8.49. The molecule has 1 aliphatic carbocycles. The maximum absolute atomic E-state index is 14.6. The standard InChI is InChI=1S/C25H23ClFN3O2/c1-14-7-8-18(15(2)29-14)25(32)30(13-16-5-3-4-6-19(16)24(28)31)23-10-9-20-21(23)11-17(26)12-22(20)27/h3-8,11-12,23H,9-10,13H2,1-2H3,(H2,28,31)/t23-/m1/s1. The summed E-state index contributed by atoms with van der Waals surface area (Å²) in [5, 5.41) is 0.284. The van der Waals surface area contributed by atoms with Crippen LogP contribution < -0.4 is 5.73 Å². The molecule has 0 spiro atoms. The van der Waals surface area contributed by atoms with Gasteiger partial charge in [-0.3, -0.25) is 14.6 Å². The zero-order valence-corrected chi connectivity index (χ0v) is 18.6. The minimum Gasteiger partial charge on any atom is -0.366 e. The third-order valence-electron chi connectivity index (χ3n) is 5.94. The number of primary amides is 1. The first-order valence-electron chi connectivity index (χ1n) is 10.4. The number of benzene rings is 2. The van der Waals surface area contributed by atoms with Crippen molar-refractivity contribution >= 4 is 23.4 Å². The summed E-state index contributed by atoms with van der Waals surface area (Å²) in [5.41, 5.74) is 9.68. The molecule has 0 saturated heterocycles. The maximum Gasteiger partial charge on any atom is 0.256 e. The van der Waals surface area contributed by atoms with Crippen molar-refractivity contribution in [2.75, 3.05) is 0 Å². The molecule has 5 nitrogen and oxygen atoms in total. The Labute approximate surface area is 191 Å². The number of carbonyl (C=O) groups is 2. The fourth-order valence-electron chi connectivity index (χ4n) is 4.42. The highest BCUT2D eigenvalue weighted by molar-refractivity contribution is 6.30. The highest BCUT2D eigenvalue weighted by Gasteiger charge is 2.34. The van der Waals surface area contributed by atoms with E-state index in [2.05, 4.69) is 4.98 Å². The summed E-state index contributed by atoms with van der Waals surface area (Å²) in [6, 6.07) is 13.1.